The molecule has 24 heavy (non-hydrogen) atoms. The van der Waals surface area contributed by atoms with Crippen molar-refractivity contribution in [3.63, 3.8) is 0 Å². The predicted octanol–water partition coefficient (Wildman–Crippen LogP) is 3.18. The van der Waals surface area contributed by atoms with E-state index < -0.39 is 10.0 Å². The molecule has 1 aromatic carbocycles. The van der Waals surface area contributed by atoms with Crippen molar-refractivity contribution in [3.05, 3.63) is 40.5 Å². The van der Waals surface area contributed by atoms with Gasteiger partial charge in [0.05, 0.1) is 6.10 Å². The van der Waals surface area contributed by atoms with Crippen LogP contribution in [-0.2, 0) is 14.8 Å². The minimum absolute atomic E-state index is 0.195. The summed E-state index contributed by atoms with van der Waals surface area (Å²) < 4.78 is 33.0. The Morgan fingerprint density at radius 3 is 2.50 bits per heavy atom. The summed E-state index contributed by atoms with van der Waals surface area (Å²) in [5.74, 6) is 0.438. The van der Waals surface area contributed by atoms with Crippen LogP contribution in [0.4, 0.5) is 0 Å². The minimum atomic E-state index is -3.56. The molecule has 0 aromatic heterocycles. The normalized spacial score (nSPS) is 18.5. The highest BCUT2D eigenvalue weighted by Crippen LogP contribution is 2.30. The van der Waals surface area contributed by atoms with Crippen molar-refractivity contribution in [1.29, 1.82) is 0 Å². The molecule has 0 aliphatic carbocycles. The van der Waals surface area contributed by atoms with Gasteiger partial charge in [0.15, 0.2) is 0 Å². The van der Waals surface area contributed by atoms with Gasteiger partial charge in [-0.25, -0.2) is 8.42 Å². The van der Waals surface area contributed by atoms with Crippen molar-refractivity contribution in [2.24, 2.45) is 4.99 Å². The fourth-order valence-electron chi connectivity index (χ4n) is 2.54. The molecule has 0 unspecified atom stereocenters. The Kier molecular flexibility index (Phi) is 5.83. The largest absolute Gasteiger partial charge is 0.379 e. The smallest absolute Gasteiger partial charge is 0.264 e. The van der Waals surface area contributed by atoms with Crippen LogP contribution >= 0.6 is 0 Å². The quantitative estimate of drug-likeness (QED) is 0.801. The first-order chi connectivity index (χ1) is 11.2. The number of ether oxygens (including phenoxy) is 1. The van der Waals surface area contributed by atoms with E-state index >= 15 is 0 Å². The Morgan fingerprint density at radius 1 is 1.17 bits per heavy atom. The second kappa shape index (κ2) is 7.49. The second-order valence-corrected chi connectivity index (χ2v) is 7.98. The van der Waals surface area contributed by atoms with E-state index in [0.29, 0.717) is 35.0 Å². The number of rotatable bonds is 6. The maximum absolute atomic E-state index is 12.5. The Bertz CT molecular complexity index is 777. The maximum atomic E-state index is 12.5. The van der Waals surface area contributed by atoms with Crippen LogP contribution in [0.15, 0.2) is 28.8 Å². The molecule has 0 saturated heterocycles. The topological polar surface area (TPSA) is 67.8 Å². The average Bonchev–Trinajstić information content (AvgIpc) is 2.71. The molecule has 1 aliphatic heterocycles. The van der Waals surface area contributed by atoms with Crippen molar-refractivity contribution in [2.75, 3.05) is 13.2 Å². The van der Waals surface area contributed by atoms with Crippen LogP contribution in [-0.4, -0.2) is 33.5 Å². The number of benzene rings is 1. The van der Waals surface area contributed by atoms with E-state index in [9.17, 15) is 8.42 Å². The molecule has 6 heteroatoms. The highest BCUT2D eigenvalue weighted by molar-refractivity contribution is 8.00. The predicted molar refractivity (Wildman–Crippen MR) is 98.6 cm³/mol. The first kappa shape index (κ1) is 18.7. The number of amidine groups is 1. The summed E-state index contributed by atoms with van der Waals surface area (Å²) >= 11 is 0. The van der Waals surface area contributed by atoms with Gasteiger partial charge in [0.25, 0.3) is 10.0 Å². The zero-order valence-corrected chi connectivity index (χ0v) is 15.8. The molecular weight excluding hydrogens is 324 g/mol. The van der Waals surface area contributed by atoms with Gasteiger partial charge in [-0.2, -0.15) is 0 Å². The summed E-state index contributed by atoms with van der Waals surface area (Å²) in [6.07, 6.45) is 0.955. The highest BCUT2D eigenvalue weighted by atomic mass is 32.2. The van der Waals surface area contributed by atoms with Crippen LogP contribution in [0.2, 0.25) is 0 Å². The summed E-state index contributed by atoms with van der Waals surface area (Å²) in [4.78, 5) is 4.72. The Balaban J connectivity index is 2.22. The summed E-state index contributed by atoms with van der Waals surface area (Å²) in [7, 11) is -3.56. The van der Waals surface area contributed by atoms with Gasteiger partial charge >= 0.3 is 0 Å². The van der Waals surface area contributed by atoms with Crippen molar-refractivity contribution in [1.82, 2.24) is 4.72 Å². The van der Waals surface area contributed by atoms with Gasteiger partial charge in [-0.1, -0.05) is 18.2 Å². The molecule has 0 spiro atoms. The monoisotopic (exact) mass is 350 g/mol. The van der Waals surface area contributed by atoms with Gasteiger partial charge in [0.1, 0.15) is 10.7 Å². The molecule has 1 N–H and O–H groups in total. The second-order valence-electron chi connectivity index (χ2n) is 6.36. The van der Waals surface area contributed by atoms with E-state index in [1.54, 1.807) is 6.92 Å². The van der Waals surface area contributed by atoms with E-state index in [-0.39, 0.29) is 6.10 Å². The minimum Gasteiger partial charge on any atom is -0.379 e. The van der Waals surface area contributed by atoms with Gasteiger partial charge < -0.3 is 4.74 Å². The van der Waals surface area contributed by atoms with Gasteiger partial charge in [-0.15, -0.1) is 0 Å². The van der Waals surface area contributed by atoms with Crippen LogP contribution < -0.4 is 4.72 Å². The van der Waals surface area contributed by atoms with Gasteiger partial charge in [-0.3, -0.25) is 9.71 Å². The summed E-state index contributed by atoms with van der Waals surface area (Å²) in [5, 5.41) is 0. The summed E-state index contributed by atoms with van der Waals surface area (Å²) in [6.45, 7) is 10.9. The zero-order chi connectivity index (χ0) is 17.9. The lowest BCUT2D eigenvalue weighted by Gasteiger charge is -2.06. The number of aliphatic imine (C=N–C) groups is 1. The first-order valence-electron chi connectivity index (χ1n) is 8.20. The number of hydrogen-bond acceptors (Lipinski definition) is 4. The van der Waals surface area contributed by atoms with Crippen molar-refractivity contribution in [3.8, 4) is 0 Å². The van der Waals surface area contributed by atoms with Crippen LogP contribution in [0.5, 0.6) is 0 Å². The molecule has 0 amide bonds. The standard InChI is InChI=1S/C18H26N2O3S/c1-12(2)23-10-6-9-19-18-15(5)17(24(21,22)20-18)16-8-7-13(3)14(4)11-16/h7-8,11-12H,6,9-10H2,1-5H3,(H,19,20). The van der Waals surface area contributed by atoms with Gasteiger partial charge in [-0.05, 0) is 57.7 Å². The molecule has 132 valence electrons. The van der Waals surface area contributed by atoms with E-state index in [4.69, 9.17) is 4.74 Å². The van der Waals surface area contributed by atoms with Gasteiger partial charge in [0, 0.05) is 18.7 Å². The molecule has 0 fully saturated rings. The average molecular weight is 350 g/mol. The van der Waals surface area contributed by atoms with Crippen LogP contribution in [0.25, 0.3) is 4.91 Å². The molecule has 2 rings (SSSR count). The van der Waals surface area contributed by atoms with E-state index in [1.165, 1.54) is 0 Å². The number of nitrogens with zero attached hydrogens (tertiary/aromatic N) is 1. The maximum Gasteiger partial charge on any atom is 0.264 e. The van der Waals surface area contributed by atoms with Crippen molar-refractivity contribution in [2.45, 2.75) is 47.1 Å². The molecule has 0 atom stereocenters. The van der Waals surface area contributed by atoms with Crippen LogP contribution in [0.1, 0.15) is 43.9 Å². The molecule has 5 nitrogen and oxygen atoms in total. The lowest BCUT2D eigenvalue weighted by Crippen LogP contribution is -2.24. The molecule has 1 aromatic rings. The SMILES string of the molecule is CC1=C(c2ccc(C)c(C)c2)S(=O)(=O)NC1=NCCCOC(C)C. The molecule has 0 saturated carbocycles. The van der Waals surface area contributed by atoms with Crippen molar-refractivity contribution >= 4 is 20.8 Å². The third-order valence-corrected chi connectivity index (χ3v) is 5.53. The fraction of sp³-hybridized carbons (Fsp3) is 0.500. The lowest BCUT2D eigenvalue weighted by molar-refractivity contribution is 0.0783. The highest BCUT2D eigenvalue weighted by Gasteiger charge is 2.32. The zero-order valence-electron chi connectivity index (χ0n) is 15.0. The van der Waals surface area contributed by atoms with Gasteiger partial charge in [0.2, 0.25) is 0 Å². The molecular formula is C18H26N2O3S. The molecule has 0 radical (unpaired) electrons. The first-order valence-corrected chi connectivity index (χ1v) is 9.68. The third-order valence-electron chi connectivity index (χ3n) is 3.99. The molecule has 1 heterocycles. The van der Waals surface area contributed by atoms with E-state index in [1.807, 2.05) is 45.9 Å². The number of nitrogens with one attached hydrogen (secondary N) is 1. The van der Waals surface area contributed by atoms with Crippen LogP contribution in [0.3, 0.4) is 0 Å². The Labute approximate surface area is 144 Å². The third kappa shape index (κ3) is 4.24. The molecule has 0 bridgehead atoms. The summed E-state index contributed by atoms with van der Waals surface area (Å²) in [6, 6.07) is 5.70. The lowest BCUT2D eigenvalue weighted by atomic mass is 10.0. The summed E-state index contributed by atoms with van der Waals surface area (Å²) in [5.41, 5.74) is 3.58. The Hall–Kier alpha value is -1.66. The number of aryl methyl sites for hydroxylation is 2. The van der Waals surface area contributed by atoms with Crippen molar-refractivity contribution < 1.29 is 13.2 Å². The molecule has 1 aliphatic rings. The Morgan fingerprint density at radius 2 is 1.88 bits per heavy atom. The van der Waals surface area contributed by atoms with E-state index in [0.717, 1.165) is 17.5 Å². The fourth-order valence-corrected chi connectivity index (χ4v) is 4.05. The van der Waals surface area contributed by atoms with E-state index in [2.05, 4.69) is 9.71 Å². The number of sulfonamides is 1. The number of hydrogen-bond donors (Lipinski definition) is 1. The van der Waals surface area contributed by atoms with Crippen LogP contribution in [0, 0.1) is 13.8 Å².